The van der Waals surface area contributed by atoms with Crippen molar-refractivity contribution in [3.05, 3.63) is 67.4 Å². The third-order valence-corrected chi connectivity index (χ3v) is 3.73. The molecule has 2 aromatic carbocycles. The molecule has 0 fully saturated rings. The van der Waals surface area contributed by atoms with E-state index in [0.717, 1.165) is 10.0 Å². The van der Waals surface area contributed by atoms with E-state index in [9.17, 15) is 14.5 Å². The van der Waals surface area contributed by atoms with Gasteiger partial charge in [-0.05, 0) is 29.8 Å². The molecule has 0 saturated carbocycles. The van der Waals surface area contributed by atoms with Gasteiger partial charge in [-0.3, -0.25) is 10.1 Å². The second kappa shape index (κ2) is 6.19. The minimum Gasteiger partial charge on any atom is -0.380 e. The Morgan fingerprint density at radius 1 is 1.30 bits per heavy atom. The standard InChI is InChI=1S/C13H9BrClFN2O2/c14-11-3-1-9(16)5-8(11)7-17-13-4-2-10(18(19)20)6-12(13)15/h1-6,17H,7H2. The van der Waals surface area contributed by atoms with Gasteiger partial charge in [-0.2, -0.15) is 0 Å². The smallest absolute Gasteiger partial charge is 0.271 e. The number of nitro groups is 1. The lowest BCUT2D eigenvalue weighted by atomic mass is 10.2. The first-order valence-electron chi connectivity index (χ1n) is 5.59. The number of non-ortho nitro benzene ring substituents is 1. The molecule has 0 amide bonds. The maximum absolute atomic E-state index is 13.1. The van der Waals surface area contributed by atoms with Gasteiger partial charge in [0.05, 0.1) is 15.6 Å². The molecular formula is C13H9BrClFN2O2. The van der Waals surface area contributed by atoms with E-state index in [4.69, 9.17) is 11.6 Å². The molecule has 1 N–H and O–H groups in total. The summed E-state index contributed by atoms with van der Waals surface area (Å²) in [6, 6.07) is 8.51. The number of rotatable bonds is 4. The Morgan fingerprint density at radius 3 is 2.70 bits per heavy atom. The van der Waals surface area contributed by atoms with Crippen LogP contribution in [0.25, 0.3) is 0 Å². The number of nitro benzene ring substituents is 1. The van der Waals surface area contributed by atoms with Gasteiger partial charge in [-0.1, -0.05) is 27.5 Å². The van der Waals surface area contributed by atoms with Crippen LogP contribution in [0.15, 0.2) is 40.9 Å². The molecule has 0 aliphatic rings. The molecular weight excluding hydrogens is 351 g/mol. The van der Waals surface area contributed by atoms with Crippen molar-refractivity contribution in [2.24, 2.45) is 0 Å². The summed E-state index contributed by atoms with van der Waals surface area (Å²) in [4.78, 5) is 10.1. The molecule has 0 unspecified atom stereocenters. The number of nitrogens with zero attached hydrogens (tertiary/aromatic N) is 1. The van der Waals surface area contributed by atoms with E-state index in [1.165, 1.54) is 30.3 Å². The van der Waals surface area contributed by atoms with Crippen molar-refractivity contribution in [1.82, 2.24) is 0 Å². The molecule has 2 aromatic rings. The maximum Gasteiger partial charge on any atom is 0.271 e. The lowest BCUT2D eigenvalue weighted by Crippen LogP contribution is -2.01. The minimum absolute atomic E-state index is 0.0764. The first kappa shape index (κ1) is 14.7. The second-order valence-electron chi connectivity index (χ2n) is 4.01. The average Bonchev–Trinajstić information content (AvgIpc) is 2.40. The molecule has 0 bridgehead atoms. The zero-order chi connectivity index (χ0) is 14.7. The average molecular weight is 360 g/mol. The normalized spacial score (nSPS) is 10.3. The largest absolute Gasteiger partial charge is 0.380 e. The molecule has 0 spiro atoms. The summed E-state index contributed by atoms with van der Waals surface area (Å²) in [5.74, 6) is -0.334. The highest BCUT2D eigenvalue weighted by molar-refractivity contribution is 9.10. The van der Waals surface area contributed by atoms with Crippen molar-refractivity contribution >= 4 is 38.9 Å². The van der Waals surface area contributed by atoms with Gasteiger partial charge in [0.1, 0.15) is 5.82 Å². The monoisotopic (exact) mass is 358 g/mol. The number of hydrogen-bond donors (Lipinski definition) is 1. The zero-order valence-electron chi connectivity index (χ0n) is 10.1. The summed E-state index contributed by atoms with van der Waals surface area (Å²) in [6.45, 7) is 0.343. The van der Waals surface area contributed by atoms with Gasteiger partial charge >= 0.3 is 0 Å². The Balaban J connectivity index is 2.15. The number of anilines is 1. The van der Waals surface area contributed by atoms with Crippen LogP contribution >= 0.6 is 27.5 Å². The number of hydrogen-bond acceptors (Lipinski definition) is 3. The fourth-order valence-electron chi connectivity index (χ4n) is 1.63. The summed E-state index contributed by atoms with van der Waals surface area (Å²) in [7, 11) is 0. The van der Waals surface area contributed by atoms with E-state index in [2.05, 4.69) is 21.2 Å². The molecule has 104 valence electrons. The molecule has 0 aliphatic heterocycles. The third-order valence-electron chi connectivity index (χ3n) is 2.64. The topological polar surface area (TPSA) is 55.2 Å². The molecule has 4 nitrogen and oxygen atoms in total. The van der Waals surface area contributed by atoms with Crippen LogP contribution in [-0.4, -0.2) is 4.92 Å². The van der Waals surface area contributed by atoms with Gasteiger partial charge in [0.15, 0.2) is 0 Å². The molecule has 20 heavy (non-hydrogen) atoms. The summed E-state index contributed by atoms with van der Waals surface area (Å²) in [5, 5.41) is 13.9. The van der Waals surface area contributed by atoms with Crippen LogP contribution in [0, 0.1) is 15.9 Å². The fraction of sp³-hybridized carbons (Fsp3) is 0.0769. The molecule has 0 aliphatic carbocycles. The van der Waals surface area contributed by atoms with Crippen LogP contribution in [-0.2, 0) is 6.54 Å². The number of halogens is 3. The van der Waals surface area contributed by atoms with Crippen molar-refractivity contribution in [3.63, 3.8) is 0 Å². The van der Waals surface area contributed by atoms with E-state index >= 15 is 0 Å². The van der Waals surface area contributed by atoms with Crippen LogP contribution in [0.1, 0.15) is 5.56 Å². The van der Waals surface area contributed by atoms with Crippen molar-refractivity contribution in [2.45, 2.75) is 6.54 Å². The predicted molar refractivity (Wildman–Crippen MR) is 79.5 cm³/mol. The van der Waals surface area contributed by atoms with Crippen LogP contribution in [0.5, 0.6) is 0 Å². The third kappa shape index (κ3) is 3.46. The first-order valence-corrected chi connectivity index (χ1v) is 6.76. The van der Waals surface area contributed by atoms with Crippen LogP contribution in [0.4, 0.5) is 15.8 Å². The first-order chi connectivity index (χ1) is 9.47. The van der Waals surface area contributed by atoms with Crippen molar-refractivity contribution in [1.29, 1.82) is 0 Å². The Bertz CT molecular complexity index is 667. The SMILES string of the molecule is O=[N+]([O-])c1ccc(NCc2cc(F)ccc2Br)c(Cl)c1. The molecule has 0 atom stereocenters. The van der Waals surface area contributed by atoms with Crippen LogP contribution in [0.3, 0.4) is 0 Å². The highest BCUT2D eigenvalue weighted by atomic mass is 79.9. The number of benzene rings is 2. The van der Waals surface area contributed by atoms with Gasteiger partial charge < -0.3 is 5.32 Å². The molecule has 0 radical (unpaired) electrons. The second-order valence-corrected chi connectivity index (χ2v) is 5.27. The van der Waals surface area contributed by atoms with Crippen LogP contribution in [0.2, 0.25) is 5.02 Å². The van der Waals surface area contributed by atoms with E-state index < -0.39 is 4.92 Å². The number of nitrogens with one attached hydrogen (secondary N) is 1. The summed E-state index contributed by atoms with van der Waals surface area (Å²) < 4.78 is 13.9. The predicted octanol–water partition coefficient (Wildman–Crippen LogP) is 4.76. The Labute approximate surface area is 127 Å². The van der Waals surface area contributed by atoms with Crippen molar-refractivity contribution in [2.75, 3.05) is 5.32 Å². The lowest BCUT2D eigenvalue weighted by Gasteiger charge is -2.10. The van der Waals surface area contributed by atoms with Gasteiger partial charge in [-0.15, -0.1) is 0 Å². The molecule has 2 rings (SSSR count). The Hall–Kier alpha value is -1.66. The van der Waals surface area contributed by atoms with Gasteiger partial charge in [-0.25, -0.2) is 4.39 Å². The van der Waals surface area contributed by atoms with E-state index in [0.29, 0.717) is 12.2 Å². The van der Waals surface area contributed by atoms with Crippen LogP contribution < -0.4 is 5.32 Å². The molecule has 7 heteroatoms. The molecule has 0 saturated heterocycles. The minimum atomic E-state index is -0.515. The van der Waals surface area contributed by atoms with E-state index in [-0.39, 0.29) is 16.5 Å². The van der Waals surface area contributed by atoms with E-state index in [1.54, 1.807) is 6.07 Å². The van der Waals surface area contributed by atoms with Gasteiger partial charge in [0.25, 0.3) is 5.69 Å². The van der Waals surface area contributed by atoms with Gasteiger partial charge in [0.2, 0.25) is 0 Å². The molecule has 0 aromatic heterocycles. The summed E-state index contributed by atoms with van der Waals surface area (Å²) >= 11 is 9.28. The maximum atomic E-state index is 13.1. The zero-order valence-corrected chi connectivity index (χ0v) is 12.4. The lowest BCUT2D eigenvalue weighted by molar-refractivity contribution is -0.384. The van der Waals surface area contributed by atoms with Crippen molar-refractivity contribution in [3.8, 4) is 0 Å². The summed E-state index contributed by atoms with van der Waals surface area (Å²) in [6.07, 6.45) is 0. The highest BCUT2D eigenvalue weighted by Gasteiger charge is 2.09. The Morgan fingerprint density at radius 2 is 2.05 bits per heavy atom. The fourth-order valence-corrected chi connectivity index (χ4v) is 2.26. The Kier molecular flexibility index (Phi) is 4.57. The molecule has 0 heterocycles. The van der Waals surface area contributed by atoms with E-state index in [1.807, 2.05) is 0 Å². The van der Waals surface area contributed by atoms with Gasteiger partial charge in [0, 0.05) is 23.2 Å². The quantitative estimate of drug-likeness (QED) is 0.632. The van der Waals surface area contributed by atoms with Crippen molar-refractivity contribution < 1.29 is 9.31 Å². The highest BCUT2D eigenvalue weighted by Crippen LogP contribution is 2.27. The summed E-state index contributed by atoms with van der Waals surface area (Å²) in [5.41, 5.74) is 1.19.